The number of rotatable bonds is 5. The van der Waals surface area contributed by atoms with Gasteiger partial charge in [0, 0.05) is 0 Å². The molecule has 0 spiro atoms. The molecule has 32 heavy (non-hydrogen) atoms. The fraction of sp³-hybridized carbons (Fsp3) is 0. The van der Waals surface area contributed by atoms with Crippen molar-refractivity contribution in [3.8, 4) is 34.6 Å². The van der Waals surface area contributed by atoms with E-state index in [4.69, 9.17) is 9.47 Å². The van der Waals surface area contributed by atoms with E-state index in [0.29, 0.717) is 12.0 Å². The summed E-state index contributed by atoms with van der Waals surface area (Å²) in [4.78, 5) is 15.5. The van der Waals surface area contributed by atoms with E-state index in [2.05, 4.69) is 32.1 Å². The van der Waals surface area contributed by atoms with Gasteiger partial charge in [-0.3, -0.25) is 0 Å². The van der Waals surface area contributed by atoms with E-state index in [0.717, 1.165) is 44.7 Å². The first-order chi connectivity index (χ1) is 15.8. The quantitative estimate of drug-likeness (QED) is 0.327. The molecule has 0 atom stereocenters. The molecule has 2 heterocycles. The highest BCUT2D eigenvalue weighted by molar-refractivity contribution is 5.86. The van der Waals surface area contributed by atoms with E-state index in [9.17, 15) is 0 Å². The Morgan fingerprint density at radius 1 is 0.500 bits per heavy atom. The van der Waals surface area contributed by atoms with Crippen LogP contribution in [-0.4, -0.2) is 19.9 Å². The van der Waals surface area contributed by atoms with E-state index >= 15 is 0 Å². The normalized spacial score (nSPS) is 11.1. The van der Waals surface area contributed by atoms with Crippen molar-refractivity contribution in [3.63, 3.8) is 0 Å². The van der Waals surface area contributed by atoms with Crippen molar-refractivity contribution in [2.45, 2.75) is 0 Å². The molecule has 6 heteroatoms. The number of nitrogens with zero attached hydrogens (tertiary/aromatic N) is 2. The zero-order valence-electron chi connectivity index (χ0n) is 16.9. The van der Waals surface area contributed by atoms with Gasteiger partial charge < -0.3 is 19.4 Å². The minimum absolute atomic E-state index is 0.468. The lowest BCUT2D eigenvalue weighted by Gasteiger charge is -2.01. The summed E-state index contributed by atoms with van der Waals surface area (Å²) in [5, 5.41) is 0. The molecule has 0 bridgehead atoms. The molecule has 6 nitrogen and oxygen atoms in total. The number of para-hydroxylation sites is 2. The summed E-state index contributed by atoms with van der Waals surface area (Å²) < 4.78 is 11.6. The van der Waals surface area contributed by atoms with Crippen molar-refractivity contribution < 1.29 is 9.47 Å². The van der Waals surface area contributed by atoms with Gasteiger partial charge in [-0.05, 0) is 59.7 Å². The van der Waals surface area contributed by atoms with Crippen LogP contribution in [0.15, 0.2) is 97.1 Å². The van der Waals surface area contributed by atoms with Crippen molar-refractivity contribution in [3.05, 3.63) is 97.1 Å². The summed E-state index contributed by atoms with van der Waals surface area (Å²) in [5.74, 6) is 1.48. The van der Waals surface area contributed by atoms with E-state index in [1.54, 1.807) is 0 Å². The number of imidazole rings is 2. The Balaban J connectivity index is 1.29. The number of hydrogen-bond acceptors (Lipinski definition) is 4. The lowest BCUT2D eigenvalue weighted by atomic mass is 10.0. The maximum Gasteiger partial charge on any atom is 0.300 e. The molecule has 154 valence electrons. The standard InChI is InChI=1S/C26H18N4O2/c1-3-7-19(8-4-1)31-25-27-21-13-11-17(15-23(21)29-25)18-12-14-22-24(16-18)30-26(28-22)32-20-9-5-2-6-10-20/h1-16H,(H,27,29)(H,28,30). The van der Waals surface area contributed by atoms with Gasteiger partial charge in [0.15, 0.2) is 0 Å². The summed E-state index contributed by atoms with van der Waals surface area (Å²) in [6, 6.07) is 32.3. The lowest BCUT2D eigenvalue weighted by molar-refractivity contribution is 0.449. The van der Waals surface area contributed by atoms with Gasteiger partial charge in [0.1, 0.15) is 11.5 Å². The van der Waals surface area contributed by atoms with Gasteiger partial charge in [-0.15, -0.1) is 0 Å². The smallest absolute Gasteiger partial charge is 0.300 e. The van der Waals surface area contributed by atoms with E-state index in [-0.39, 0.29) is 0 Å². The fourth-order valence-corrected chi connectivity index (χ4v) is 3.63. The number of benzene rings is 4. The van der Waals surface area contributed by atoms with Crippen LogP contribution in [0.4, 0.5) is 0 Å². The molecule has 6 aromatic rings. The van der Waals surface area contributed by atoms with Crippen molar-refractivity contribution in [1.29, 1.82) is 0 Å². The van der Waals surface area contributed by atoms with E-state index < -0.39 is 0 Å². The molecule has 0 saturated heterocycles. The Hall–Kier alpha value is -4.58. The Labute approximate surface area is 183 Å². The second-order valence-electron chi connectivity index (χ2n) is 7.38. The third-order valence-electron chi connectivity index (χ3n) is 5.17. The number of H-pyrrole nitrogens is 2. The highest BCUT2D eigenvalue weighted by Crippen LogP contribution is 2.29. The Kier molecular flexibility index (Phi) is 4.32. The van der Waals surface area contributed by atoms with Crippen LogP contribution in [0.2, 0.25) is 0 Å². The molecular formula is C26H18N4O2. The van der Waals surface area contributed by atoms with Crippen LogP contribution in [-0.2, 0) is 0 Å². The van der Waals surface area contributed by atoms with E-state index in [1.807, 2.05) is 84.9 Å². The minimum Gasteiger partial charge on any atom is -0.426 e. The number of hydrogen-bond donors (Lipinski definition) is 2. The van der Waals surface area contributed by atoms with Crippen LogP contribution < -0.4 is 9.47 Å². The van der Waals surface area contributed by atoms with Gasteiger partial charge in [0.2, 0.25) is 0 Å². The minimum atomic E-state index is 0.468. The SMILES string of the molecule is c1ccc(Oc2nc3ccc(-c4ccc5nc(Oc6ccccc6)[nH]c5c4)cc3[nH]2)cc1. The first-order valence-corrected chi connectivity index (χ1v) is 10.3. The molecule has 0 unspecified atom stereocenters. The fourth-order valence-electron chi connectivity index (χ4n) is 3.63. The molecule has 6 rings (SSSR count). The van der Waals surface area contributed by atoms with Crippen LogP contribution in [0.25, 0.3) is 33.2 Å². The largest absolute Gasteiger partial charge is 0.426 e. The number of aromatic nitrogens is 4. The van der Waals surface area contributed by atoms with E-state index in [1.165, 1.54) is 0 Å². The summed E-state index contributed by atoms with van der Waals surface area (Å²) in [7, 11) is 0. The van der Waals surface area contributed by atoms with Crippen molar-refractivity contribution in [1.82, 2.24) is 19.9 Å². The highest BCUT2D eigenvalue weighted by atomic mass is 16.5. The summed E-state index contributed by atoms with van der Waals surface area (Å²) in [5.41, 5.74) is 5.64. The van der Waals surface area contributed by atoms with Gasteiger partial charge >= 0.3 is 0 Å². The molecule has 0 fully saturated rings. The van der Waals surface area contributed by atoms with Gasteiger partial charge in [-0.2, -0.15) is 9.97 Å². The number of aromatic amines is 2. The maximum atomic E-state index is 5.82. The lowest BCUT2D eigenvalue weighted by Crippen LogP contribution is -1.84. The van der Waals surface area contributed by atoms with Crippen molar-refractivity contribution in [2.24, 2.45) is 0 Å². The highest BCUT2D eigenvalue weighted by Gasteiger charge is 2.10. The summed E-state index contributed by atoms with van der Waals surface area (Å²) in [6.45, 7) is 0. The third-order valence-corrected chi connectivity index (χ3v) is 5.17. The predicted octanol–water partition coefficient (Wildman–Crippen LogP) is 6.69. The topological polar surface area (TPSA) is 75.8 Å². The van der Waals surface area contributed by atoms with Crippen LogP contribution >= 0.6 is 0 Å². The molecule has 0 aliphatic carbocycles. The number of ether oxygens (including phenoxy) is 2. The average molecular weight is 418 g/mol. The Morgan fingerprint density at radius 3 is 1.38 bits per heavy atom. The molecule has 0 radical (unpaired) electrons. The average Bonchev–Trinajstić information content (AvgIpc) is 3.42. The molecule has 4 aromatic carbocycles. The van der Waals surface area contributed by atoms with Gasteiger partial charge in [-0.25, -0.2) is 0 Å². The zero-order chi connectivity index (χ0) is 21.3. The number of fused-ring (bicyclic) bond motifs is 2. The second-order valence-corrected chi connectivity index (χ2v) is 7.38. The van der Waals surface area contributed by atoms with Crippen LogP contribution in [0.5, 0.6) is 23.5 Å². The molecule has 0 aliphatic rings. The van der Waals surface area contributed by atoms with Crippen molar-refractivity contribution in [2.75, 3.05) is 0 Å². The third kappa shape index (κ3) is 3.54. The molecule has 2 aromatic heterocycles. The molecule has 0 aliphatic heterocycles. The van der Waals surface area contributed by atoms with Gasteiger partial charge in [0.25, 0.3) is 12.0 Å². The van der Waals surface area contributed by atoms with Crippen LogP contribution in [0.3, 0.4) is 0 Å². The molecule has 0 saturated carbocycles. The maximum absolute atomic E-state index is 5.82. The summed E-state index contributed by atoms with van der Waals surface area (Å²) >= 11 is 0. The van der Waals surface area contributed by atoms with Gasteiger partial charge in [-0.1, -0.05) is 48.5 Å². The van der Waals surface area contributed by atoms with Crippen molar-refractivity contribution >= 4 is 22.1 Å². The molecule has 2 N–H and O–H groups in total. The number of nitrogens with one attached hydrogen (secondary N) is 2. The predicted molar refractivity (Wildman–Crippen MR) is 124 cm³/mol. The Morgan fingerprint density at radius 2 is 0.938 bits per heavy atom. The first-order valence-electron chi connectivity index (χ1n) is 10.3. The van der Waals surface area contributed by atoms with Crippen LogP contribution in [0.1, 0.15) is 0 Å². The summed E-state index contributed by atoms with van der Waals surface area (Å²) in [6.07, 6.45) is 0. The molecule has 0 amide bonds. The monoisotopic (exact) mass is 418 g/mol. The van der Waals surface area contributed by atoms with Crippen LogP contribution in [0, 0.1) is 0 Å². The Bertz CT molecular complexity index is 1400. The zero-order valence-corrected chi connectivity index (χ0v) is 16.9. The second kappa shape index (κ2) is 7.59. The first kappa shape index (κ1) is 18.2. The molecular weight excluding hydrogens is 400 g/mol. The van der Waals surface area contributed by atoms with Gasteiger partial charge in [0.05, 0.1) is 22.1 Å².